The molecule has 0 aliphatic carbocycles. The van der Waals surface area contributed by atoms with Gasteiger partial charge < -0.3 is 0 Å². The molecule has 0 N–H and O–H groups in total. The van der Waals surface area contributed by atoms with Crippen molar-refractivity contribution in [3.8, 4) is 33.4 Å². The largest absolute Gasteiger partial charge is 0.0636 e. The molecule has 44 heavy (non-hydrogen) atoms. The van der Waals surface area contributed by atoms with Gasteiger partial charge in [0, 0.05) is 0 Å². The maximum absolute atomic E-state index is 9.84. The van der Waals surface area contributed by atoms with Crippen molar-refractivity contribution < 1.29 is 35.6 Å². The molecular formula is C44H26. The number of benzene rings is 10. The summed E-state index contributed by atoms with van der Waals surface area (Å²) in [6.45, 7) is 0. The lowest BCUT2D eigenvalue weighted by Gasteiger charge is -2.17. The minimum atomic E-state index is -1.06. The Morgan fingerprint density at radius 3 is 1.27 bits per heavy atom. The Kier molecular flexibility index (Phi) is 2.00. The first kappa shape index (κ1) is 9.91. The van der Waals surface area contributed by atoms with Crippen LogP contribution in [0.2, 0.25) is 0 Å². The molecule has 0 nitrogen and oxygen atoms in total. The predicted molar refractivity (Wildman–Crippen MR) is 190 cm³/mol. The predicted octanol–water partition coefficient (Wildman–Crippen LogP) is 12.5. The lowest BCUT2D eigenvalue weighted by Crippen LogP contribution is -1.90. The van der Waals surface area contributed by atoms with Crippen molar-refractivity contribution in [2.24, 2.45) is 0 Å². The quantitative estimate of drug-likeness (QED) is 0.182. The summed E-state index contributed by atoms with van der Waals surface area (Å²) in [5.41, 5.74) is -4.74. The van der Waals surface area contributed by atoms with Crippen molar-refractivity contribution in [2.75, 3.05) is 0 Å². The zero-order valence-electron chi connectivity index (χ0n) is 48.0. The van der Waals surface area contributed by atoms with Gasteiger partial charge in [-0.3, -0.25) is 0 Å². The van der Waals surface area contributed by atoms with Crippen LogP contribution in [0.25, 0.3) is 98.0 Å². The molecular weight excluding hydrogens is 528 g/mol. The average molecular weight is 581 g/mol. The van der Waals surface area contributed by atoms with Crippen LogP contribution in [0, 0.1) is 0 Å². The van der Waals surface area contributed by atoms with E-state index in [0.717, 1.165) is 0 Å². The summed E-state index contributed by atoms with van der Waals surface area (Å²) in [6, 6.07) is -22.2. The summed E-state index contributed by atoms with van der Waals surface area (Å²) >= 11 is 0. The fourth-order valence-electron chi connectivity index (χ4n) is 5.78. The van der Waals surface area contributed by atoms with Crippen LogP contribution in [0.4, 0.5) is 0 Å². The smallest absolute Gasteiger partial charge is 0.0616 e. The third kappa shape index (κ3) is 3.28. The van der Waals surface area contributed by atoms with Gasteiger partial charge in [-0.25, -0.2) is 0 Å². The first-order valence-corrected chi connectivity index (χ1v) is 13.2. The zero-order chi connectivity index (χ0) is 51.4. The Balaban J connectivity index is 1.45. The van der Waals surface area contributed by atoms with E-state index in [1.807, 2.05) is 0 Å². The molecule has 10 aromatic carbocycles. The third-order valence-electron chi connectivity index (χ3n) is 7.69. The van der Waals surface area contributed by atoms with E-state index in [0.29, 0.717) is 0 Å². The molecule has 0 aromatic heterocycles. The van der Waals surface area contributed by atoms with Gasteiger partial charge in [-0.15, -0.1) is 0 Å². The molecule has 0 bridgehead atoms. The summed E-state index contributed by atoms with van der Waals surface area (Å²) in [6.07, 6.45) is 0. The van der Waals surface area contributed by atoms with Gasteiger partial charge in [0.25, 0.3) is 0 Å². The monoisotopic (exact) mass is 580 g/mol. The van der Waals surface area contributed by atoms with Crippen LogP contribution < -0.4 is 0 Å². The highest BCUT2D eigenvalue weighted by atomic mass is 14.2. The maximum Gasteiger partial charge on any atom is 0.0636 e. The molecule has 0 saturated carbocycles. The Labute approximate surface area is 291 Å². The van der Waals surface area contributed by atoms with Crippen molar-refractivity contribution in [1.29, 1.82) is 0 Å². The Morgan fingerprint density at radius 1 is 0.273 bits per heavy atom. The SMILES string of the molecule is [2H]c1c([2H])c(-c2c([2H])c([2H])c([2H])c([2H])c2-c2c([2H])c([2H])c3c([2H])c([2H])c4c([2H])c([2H])c([2H])c5c([2H])c([2H])c2c3c45)c([2H])c(-c2c([2H])c([2H])c3c([2H])c([2H])c4c([2H])c([2H])c([2H])c5c([2H])c([2H])c2c3c45)c1[2H]. The molecule has 0 heterocycles. The third-order valence-corrected chi connectivity index (χ3v) is 7.69. The molecule has 0 amide bonds. The molecule has 0 radical (unpaired) electrons. The van der Waals surface area contributed by atoms with Gasteiger partial charge in [-0.2, -0.15) is 0 Å². The van der Waals surface area contributed by atoms with Crippen LogP contribution in [-0.2, 0) is 0 Å². The number of hydrogen-bond acceptors (Lipinski definition) is 0. The molecule has 0 heteroatoms. The normalized spacial score (nSPS) is 20.4. The van der Waals surface area contributed by atoms with Crippen LogP contribution in [0.1, 0.15) is 35.6 Å². The Bertz CT molecular complexity index is 4130. The molecule has 0 aliphatic heterocycles. The van der Waals surface area contributed by atoms with Crippen molar-refractivity contribution in [3.05, 3.63) is 157 Å². The molecule has 0 spiro atoms. The van der Waals surface area contributed by atoms with E-state index < -0.39 is 234 Å². The van der Waals surface area contributed by atoms with Crippen molar-refractivity contribution >= 4 is 64.6 Å². The fourth-order valence-corrected chi connectivity index (χ4v) is 5.78. The van der Waals surface area contributed by atoms with E-state index >= 15 is 0 Å². The van der Waals surface area contributed by atoms with Gasteiger partial charge in [-0.05, 0) is 104 Å². The highest BCUT2D eigenvalue weighted by Gasteiger charge is 2.16. The molecule has 10 aromatic rings. The lowest BCUT2D eigenvalue weighted by atomic mass is 9.86. The van der Waals surface area contributed by atoms with Crippen molar-refractivity contribution in [1.82, 2.24) is 0 Å². The van der Waals surface area contributed by atoms with E-state index in [4.69, 9.17) is 20.6 Å². The van der Waals surface area contributed by atoms with E-state index in [-0.39, 0.29) is 21.5 Å². The Hall–Kier alpha value is -5.72. The first-order chi connectivity index (χ1) is 32.7. The molecule has 0 atom stereocenters. The molecule has 0 saturated heterocycles. The summed E-state index contributed by atoms with van der Waals surface area (Å²) in [7, 11) is 0. The topological polar surface area (TPSA) is 0 Å². The van der Waals surface area contributed by atoms with Gasteiger partial charge in [0.1, 0.15) is 0 Å². The van der Waals surface area contributed by atoms with Crippen molar-refractivity contribution in [3.63, 3.8) is 0 Å². The minimum Gasteiger partial charge on any atom is -0.0616 e. The second-order valence-electron chi connectivity index (χ2n) is 10.0. The first-order valence-electron chi connectivity index (χ1n) is 26.2. The van der Waals surface area contributed by atoms with Gasteiger partial charge >= 0.3 is 0 Å². The van der Waals surface area contributed by atoms with Crippen LogP contribution in [0.3, 0.4) is 0 Å². The van der Waals surface area contributed by atoms with Gasteiger partial charge in [-0.1, -0.05) is 151 Å². The van der Waals surface area contributed by atoms with E-state index in [9.17, 15) is 15.1 Å². The second kappa shape index (κ2) is 8.89. The van der Waals surface area contributed by atoms with Crippen LogP contribution in [-0.4, -0.2) is 0 Å². The molecule has 10 rings (SSSR count). The highest BCUT2D eigenvalue weighted by molar-refractivity contribution is 6.27. The number of rotatable bonds is 3. The fraction of sp³-hybridized carbons (Fsp3) is 0. The molecule has 0 aliphatic rings. The standard InChI is InChI=1S/C44H26/c1-2-13-37(38-23-19-32-17-15-28-7-4-9-30-21-25-40(38)44(32)42(28)30)35(12-1)33-10-5-11-34(26-33)36-22-18-31-16-14-27-6-3-8-29-20-24-39(36)43(31)41(27)29/h1-26H/i1D,2D,3D,4D,5D,6D,7D,8D,9D,10D,11D,12D,13D,14D,15D,16D,17D,18D,19D,20D,21D,22D,23D,24D,25D,26D. The second-order valence-corrected chi connectivity index (χ2v) is 10.0. The van der Waals surface area contributed by atoms with E-state index in [1.54, 1.807) is 0 Å². The average Bonchev–Trinajstić information content (AvgIpc) is 3.31. The van der Waals surface area contributed by atoms with Crippen LogP contribution in [0.5, 0.6) is 0 Å². The zero-order valence-corrected chi connectivity index (χ0v) is 22.0. The molecule has 0 unspecified atom stereocenters. The van der Waals surface area contributed by atoms with Gasteiger partial charge in [0.2, 0.25) is 0 Å². The highest BCUT2D eigenvalue weighted by Crippen LogP contribution is 2.43. The van der Waals surface area contributed by atoms with Crippen LogP contribution in [0.15, 0.2) is 157 Å². The Morgan fingerprint density at radius 2 is 0.682 bits per heavy atom. The summed E-state index contributed by atoms with van der Waals surface area (Å²) in [5.74, 6) is 0. The van der Waals surface area contributed by atoms with Gasteiger partial charge in [0.15, 0.2) is 0 Å². The lowest BCUT2D eigenvalue weighted by molar-refractivity contribution is 1.59. The summed E-state index contributed by atoms with van der Waals surface area (Å²) in [5, 5.41) is -4.90. The van der Waals surface area contributed by atoms with Crippen molar-refractivity contribution in [2.45, 2.75) is 0 Å². The van der Waals surface area contributed by atoms with Gasteiger partial charge in [0.05, 0.1) is 35.6 Å². The van der Waals surface area contributed by atoms with E-state index in [2.05, 4.69) is 0 Å². The van der Waals surface area contributed by atoms with Crippen LogP contribution >= 0.6 is 0 Å². The summed E-state index contributed by atoms with van der Waals surface area (Å²) in [4.78, 5) is 0. The molecule has 202 valence electrons. The molecule has 0 fully saturated rings. The number of hydrogen-bond donors (Lipinski definition) is 0. The summed E-state index contributed by atoms with van der Waals surface area (Å²) < 4.78 is 235. The minimum absolute atomic E-state index is 0.278. The maximum atomic E-state index is 9.84. The van der Waals surface area contributed by atoms with E-state index in [1.165, 1.54) is 0 Å².